The first-order valence-corrected chi connectivity index (χ1v) is 4.50. The van der Waals surface area contributed by atoms with Crippen molar-refractivity contribution >= 4 is 11.6 Å². The van der Waals surface area contributed by atoms with Gasteiger partial charge in [-0.15, -0.1) is 0 Å². The molecule has 0 aliphatic heterocycles. The first kappa shape index (κ1) is 12.3. The summed E-state index contributed by atoms with van der Waals surface area (Å²) in [4.78, 5) is 0. The summed E-state index contributed by atoms with van der Waals surface area (Å²) >= 11 is 5.73. The molecule has 1 rings (SSSR count). The normalized spacial score (nSPS) is 10.7. The van der Waals surface area contributed by atoms with Crippen molar-refractivity contribution in [1.29, 1.82) is 0 Å². The Balaban J connectivity index is 3.18. The lowest BCUT2D eigenvalue weighted by Crippen LogP contribution is -2.10. The maximum Gasteiger partial charge on any atom is 0.166 e. The fourth-order valence-electron chi connectivity index (χ4n) is 1.17. The van der Waals surface area contributed by atoms with Crippen LogP contribution in [0, 0.1) is 11.6 Å². The fourth-order valence-corrected chi connectivity index (χ4v) is 1.44. The number of ether oxygens (including phenoxy) is 1. The predicted molar refractivity (Wildman–Crippen MR) is 50.7 cm³/mol. The molecule has 15 heavy (non-hydrogen) atoms. The zero-order valence-electron chi connectivity index (χ0n) is 7.98. The van der Waals surface area contributed by atoms with E-state index >= 15 is 0 Å². The van der Waals surface area contributed by atoms with Gasteiger partial charge >= 0.3 is 0 Å². The molecule has 0 unspecified atom stereocenters. The quantitative estimate of drug-likeness (QED) is 0.623. The molecular formula is C9H10ClF2NO2. The van der Waals surface area contributed by atoms with E-state index in [9.17, 15) is 8.78 Å². The van der Waals surface area contributed by atoms with Gasteiger partial charge < -0.3 is 9.94 Å². The smallest absolute Gasteiger partial charge is 0.166 e. The minimum absolute atomic E-state index is 0.0293. The highest BCUT2D eigenvalue weighted by Gasteiger charge is 2.16. The van der Waals surface area contributed by atoms with Gasteiger partial charge in [-0.05, 0) is 6.07 Å². The van der Waals surface area contributed by atoms with Gasteiger partial charge in [0.25, 0.3) is 0 Å². The van der Waals surface area contributed by atoms with Crippen molar-refractivity contribution in [3.05, 3.63) is 33.9 Å². The summed E-state index contributed by atoms with van der Waals surface area (Å²) in [6, 6.07) is 1.25. The van der Waals surface area contributed by atoms with E-state index < -0.39 is 11.6 Å². The second-order valence-electron chi connectivity index (χ2n) is 2.89. The first-order chi connectivity index (χ1) is 7.11. The Kier molecular flexibility index (Phi) is 4.41. The summed E-state index contributed by atoms with van der Waals surface area (Å²) in [7, 11) is 1.36. The molecule has 0 aliphatic carbocycles. The van der Waals surface area contributed by atoms with Gasteiger partial charge in [-0.3, -0.25) is 0 Å². The van der Waals surface area contributed by atoms with Crippen LogP contribution in [0.5, 0.6) is 0 Å². The van der Waals surface area contributed by atoms with Gasteiger partial charge in [-0.2, -0.15) is 0 Å². The highest BCUT2D eigenvalue weighted by molar-refractivity contribution is 6.31. The fraction of sp³-hybridized carbons (Fsp3) is 0.333. The molecule has 0 atom stereocenters. The van der Waals surface area contributed by atoms with E-state index in [1.165, 1.54) is 13.2 Å². The molecular weight excluding hydrogens is 228 g/mol. The Morgan fingerprint density at radius 2 is 2.13 bits per heavy atom. The maximum atomic E-state index is 13.4. The van der Waals surface area contributed by atoms with Crippen LogP contribution >= 0.6 is 11.6 Å². The average Bonchev–Trinajstić information content (AvgIpc) is 2.21. The second-order valence-corrected chi connectivity index (χ2v) is 3.30. The van der Waals surface area contributed by atoms with Crippen LogP contribution in [0.2, 0.25) is 5.02 Å². The van der Waals surface area contributed by atoms with E-state index in [2.05, 4.69) is 4.74 Å². The van der Waals surface area contributed by atoms with E-state index in [1.807, 2.05) is 0 Å². The van der Waals surface area contributed by atoms with Crippen molar-refractivity contribution < 1.29 is 18.7 Å². The van der Waals surface area contributed by atoms with Gasteiger partial charge in [0.05, 0.1) is 6.61 Å². The van der Waals surface area contributed by atoms with Crippen molar-refractivity contribution in [2.24, 2.45) is 0 Å². The van der Waals surface area contributed by atoms with Gasteiger partial charge in [0.15, 0.2) is 11.6 Å². The molecule has 2 N–H and O–H groups in total. The molecule has 0 aliphatic rings. The Labute approximate surface area is 90.6 Å². The van der Waals surface area contributed by atoms with E-state index in [4.69, 9.17) is 16.8 Å². The molecule has 0 spiro atoms. The minimum atomic E-state index is -1.05. The second kappa shape index (κ2) is 5.37. The van der Waals surface area contributed by atoms with Crippen molar-refractivity contribution in [2.75, 3.05) is 7.11 Å². The Hall–Kier alpha value is -0.750. The van der Waals surface area contributed by atoms with E-state index in [-0.39, 0.29) is 29.3 Å². The Bertz CT molecular complexity index is 360. The van der Waals surface area contributed by atoms with Gasteiger partial charge in [-0.1, -0.05) is 11.6 Å². The number of nitrogens with one attached hydrogen (secondary N) is 1. The molecule has 0 heterocycles. The van der Waals surface area contributed by atoms with Crippen LogP contribution in [0.1, 0.15) is 11.1 Å². The van der Waals surface area contributed by atoms with Crippen LogP contribution in [0.25, 0.3) is 0 Å². The van der Waals surface area contributed by atoms with Gasteiger partial charge in [0.2, 0.25) is 0 Å². The van der Waals surface area contributed by atoms with Gasteiger partial charge in [0, 0.05) is 29.8 Å². The molecule has 6 heteroatoms. The van der Waals surface area contributed by atoms with Crippen LogP contribution in [-0.2, 0) is 17.9 Å². The molecule has 0 radical (unpaired) electrons. The molecule has 1 aromatic carbocycles. The molecule has 0 bridgehead atoms. The molecule has 0 amide bonds. The van der Waals surface area contributed by atoms with Crippen molar-refractivity contribution in [3.63, 3.8) is 0 Å². The van der Waals surface area contributed by atoms with E-state index in [0.717, 1.165) is 0 Å². The highest BCUT2D eigenvalue weighted by atomic mass is 35.5. The Morgan fingerprint density at radius 1 is 1.47 bits per heavy atom. The molecule has 0 aromatic heterocycles. The number of hydroxylamine groups is 1. The molecule has 3 nitrogen and oxygen atoms in total. The lowest BCUT2D eigenvalue weighted by atomic mass is 10.1. The van der Waals surface area contributed by atoms with E-state index in [0.29, 0.717) is 0 Å². The van der Waals surface area contributed by atoms with Crippen molar-refractivity contribution in [1.82, 2.24) is 5.48 Å². The van der Waals surface area contributed by atoms with Crippen molar-refractivity contribution in [2.45, 2.75) is 13.2 Å². The third kappa shape index (κ3) is 2.63. The third-order valence-corrected chi connectivity index (χ3v) is 2.22. The number of benzene rings is 1. The number of methoxy groups -OCH3 is 1. The average molecular weight is 238 g/mol. The number of halogens is 3. The van der Waals surface area contributed by atoms with Crippen LogP contribution in [0.4, 0.5) is 8.78 Å². The number of hydrogen-bond acceptors (Lipinski definition) is 3. The third-order valence-electron chi connectivity index (χ3n) is 1.89. The lowest BCUT2D eigenvalue weighted by Gasteiger charge is -2.09. The largest absolute Gasteiger partial charge is 0.380 e. The monoisotopic (exact) mass is 237 g/mol. The molecule has 0 saturated heterocycles. The van der Waals surface area contributed by atoms with Crippen LogP contribution < -0.4 is 5.48 Å². The number of hydrogen-bond donors (Lipinski definition) is 2. The zero-order valence-corrected chi connectivity index (χ0v) is 8.74. The minimum Gasteiger partial charge on any atom is -0.380 e. The van der Waals surface area contributed by atoms with Crippen molar-refractivity contribution in [3.8, 4) is 0 Å². The maximum absolute atomic E-state index is 13.4. The van der Waals surface area contributed by atoms with Crippen LogP contribution in [-0.4, -0.2) is 12.3 Å². The topological polar surface area (TPSA) is 41.5 Å². The molecule has 0 saturated carbocycles. The van der Waals surface area contributed by atoms with E-state index in [1.54, 1.807) is 5.48 Å². The SMILES string of the molecule is COCc1c(Cl)cc(CNO)c(F)c1F. The van der Waals surface area contributed by atoms with Gasteiger partial charge in [0.1, 0.15) is 0 Å². The standard InChI is InChI=1S/C9H10ClF2NO2/c1-15-4-6-7(10)2-5(3-13-14)8(11)9(6)12/h2,13-14H,3-4H2,1H3. The van der Waals surface area contributed by atoms with Crippen LogP contribution in [0.3, 0.4) is 0 Å². The summed E-state index contributed by atoms with van der Waals surface area (Å²) in [6.45, 7) is -0.315. The van der Waals surface area contributed by atoms with Gasteiger partial charge in [-0.25, -0.2) is 14.3 Å². The predicted octanol–water partition coefficient (Wildman–Crippen LogP) is 2.24. The summed E-state index contributed by atoms with van der Waals surface area (Å²) in [5.41, 5.74) is 1.66. The summed E-state index contributed by atoms with van der Waals surface area (Å²) < 4.78 is 31.4. The lowest BCUT2D eigenvalue weighted by molar-refractivity contribution is 0.159. The number of rotatable bonds is 4. The summed E-state index contributed by atoms with van der Waals surface area (Å²) in [5, 5.41) is 8.46. The first-order valence-electron chi connectivity index (χ1n) is 4.13. The molecule has 0 fully saturated rings. The van der Waals surface area contributed by atoms with Crippen LogP contribution in [0.15, 0.2) is 6.07 Å². The Morgan fingerprint density at radius 3 is 2.67 bits per heavy atom. The summed E-state index contributed by atoms with van der Waals surface area (Å²) in [6.07, 6.45) is 0. The summed E-state index contributed by atoms with van der Waals surface area (Å²) in [5.74, 6) is -2.08. The highest BCUT2D eigenvalue weighted by Crippen LogP contribution is 2.25. The zero-order chi connectivity index (χ0) is 11.4. The molecule has 1 aromatic rings. The molecule has 84 valence electrons.